The van der Waals surface area contributed by atoms with Gasteiger partial charge in [0, 0.05) is 49.6 Å². The first-order valence-corrected chi connectivity index (χ1v) is 20.8. The van der Waals surface area contributed by atoms with Gasteiger partial charge >= 0.3 is 0 Å². The van der Waals surface area contributed by atoms with Crippen LogP contribution in [0.25, 0.3) is 111 Å². The summed E-state index contributed by atoms with van der Waals surface area (Å²) in [7, 11) is 0. The zero-order valence-corrected chi connectivity index (χ0v) is 33.2. The molecule has 4 heteroatoms. The van der Waals surface area contributed by atoms with Crippen LogP contribution in [-0.4, -0.2) is 19.1 Å². The molecule has 0 fully saturated rings. The summed E-state index contributed by atoms with van der Waals surface area (Å²) in [6, 6.07) is 80.4. The summed E-state index contributed by atoms with van der Waals surface area (Å²) in [5, 5.41) is 5.07. The molecule has 0 aliphatic rings. The summed E-state index contributed by atoms with van der Waals surface area (Å²) in [6.45, 7) is 0. The number of nitrogens with zero attached hydrogens (tertiary/aromatic N) is 3. The highest BCUT2D eigenvalue weighted by Gasteiger charge is 2.17. The van der Waals surface area contributed by atoms with Crippen molar-refractivity contribution in [1.82, 2.24) is 19.1 Å². The SMILES string of the molecule is c1ccc(-c2nc(-c3ccc(-c4ccc(-n5c6ccccc6c6ccccc65)cc4)cc3)c(-c3ccc(-c4ccc(-n5c6ccccc6c6ccccc65)cc4)cc3)[nH]2)cc1. The summed E-state index contributed by atoms with van der Waals surface area (Å²) in [6.07, 6.45) is 0. The molecule has 12 aromatic rings. The van der Waals surface area contributed by atoms with Gasteiger partial charge in [0.05, 0.1) is 33.5 Å². The lowest BCUT2D eigenvalue weighted by atomic mass is 9.99. The minimum absolute atomic E-state index is 0.847. The maximum absolute atomic E-state index is 5.22. The first-order valence-electron chi connectivity index (χ1n) is 20.8. The summed E-state index contributed by atoms with van der Waals surface area (Å²) in [5.41, 5.74) is 16.9. The van der Waals surface area contributed by atoms with Crippen LogP contribution in [0.4, 0.5) is 0 Å². The Hall–Kier alpha value is -8.21. The number of benzene rings is 9. The molecule has 0 saturated heterocycles. The van der Waals surface area contributed by atoms with Crippen LogP contribution in [0.3, 0.4) is 0 Å². The van der Waals surface area contributed by atoms with E-state index in [-0.39, 0.29) is 0 Å². The van der Waals surface area contributed by atoms with Crippen LogP contribution in [0, 0.1) is 0 Å². The van der Waals surface area contributed by atoms with E-state index in [4.69, 9.17) is 4.98 Å². The molecule has 12 rings (SSSR count). The van der Waals surface area contributed by atoms with Gasteiger partial charge in [0.2, 0.25) is 0 Å². The number of imidazole rings is 1. The topological polar surface area (TPSA) is 38.5 Å². The minimum Gasteiger partial charge on any atom is -0.337 e. The second-order valence-electron chi connectivity index (χ2n) is 15.7. The van der Waals surface area contributed by atoms with Gasteiger partial charge in [0.25, 0.3) is 0 Å². The van der Waals surface area contributed by atoms with Crippen LogP contribution in [0.2, 0.25) is 0 Å². The van der Waals surface area contributed by atoms with Crippen LogP contribution in [0.1, 0.15) is 0 Å². The number of H-pyrrole nitrogens is 1. The molecule has 0 aliphatic heterocycles. The van der Waals surface area contributed by atoms with Crippen molar-refractivity contribution in [3.05, 3.63) is 224 Å². The predicted molar refractivity (Wildman–Crippen MR) is 254 cm³/mol. The van der Waals surface area contributed by atoms with Gasteiger partial charge in [-0.25, -0.2) is 4.98 Å². The highest BCUT2D eigenvalue weighted by molar-refractivity contribution is 6.10. The molecule has 3 aromatic heterocycles. The monoisotopic (exact) mass is 778 g/mol. The molecule has 0 spiro atoms. The number of hydrogen-bond donors (Lipinski definition) is 1. The van der Waals surface area contributed by atoms with Crippen LogP contribution in [0.5, 0.6) is 0 Å². The third-order valence-corrected chi connectivity index (χ3v) is 12.2. The molecule has 3 heterocycles. The van der Waals surface area contributed by atoms with Crippen molar-refractivity contribution in [2.45, 2.75) is 0 Å². The molecular formula is C57H38N4. The Morgan fingerprint density at radius 2 is 0.607 bits per heavy atom. The zero-order valence-electron chi connectivity index (χ0n) is 33.2. The summed E-state index contributed by atoms with van der Waals surface area (Å²) in [5.74, 6) is 0.847. The molecule has 4 nitrogen and oxygen atoms in total. The fraction of sp³-hybridized carbons (Fsp3) is 0. The predicted octanol–water partition coefficient (Wildman–Crippen LogP) is 14.9. The van der Waals surface area contributed by atoms with E-state index < -0.39 is 0 Å². The molecule has 0 radical (unpaired) electrons. The second kappa shape index (κ2) is 14.3. The molecule has 0 saturated carbocycles. The third kappa shape index (κ3) is 5.88. The van der Waals surface area contributed by atoms with Crippen molar-refractivity contribution in [1.29, 1.82) is 0 Å². The highest BCUT2D eigenvalue weighted by atomic mass is 15.0. The van der Waals surface area contributed by atoms with Crippen molar-refractivity contribution in [3.63, 3.8) is 0 Å². The van der Waals surface area contributed by atoms with Gasteiger partial charge in [-0.05, 0) is 70.8 Å². The fourth-order valence-corrected chi connectivity index (χ4v) is 9.18. The van der Waals surface area contributed by atoms with Gasteiger partial charge in [-0.3, -0.25) is 0 Å². The third-order valence-electron chi connectivity index (χ3n) is 12.2. The van der Waals surface area contributed by atoms with Crippen LogP contribution >= 0.6 is 0 Å². The smallest absolute Gasteiger partial charge is 0.138 e. The molecule has 9 aromatic carbocycles. The lowest BCUT2D eigenvalue weighted by Crippen LogP contribution is -1.93. The van der Waals surface area contributed by atoms with Crippen LogP contribution < -0.4 is 0 Å². The Bertz CT molecular complexity index is 3210. The van der Waals surface area contributed by atoms with Crippen molar-refractivity contribution >= 4 is 43.6 Å². The number of rotatable bonds is 7. The fourth-order valence-electron chi connectivity index (χ4n) is 9.18. The van der Waals surface area contributed by atoms with Gasteiger partial charge in [0.15, 0.2) is 0 Å². The number of aromatic nitrogens is 4. The van der Waals surface area contributed by atoms with E-state index in [0.29, 0.717) is 0 Å². The average molecular weight is 779 g/mol. The standard InChI is InChI=1S/C57H38N4/c1-2-12-44(13-3-1)57-58-55(42-26-22-38(23-27-42)40-30-34-45(35-31-40)60-51-18-8-4-14-47(51)48-15-5-9-19-52(48)60)56(59-57)43-28-24-39(25-29-43)41-32-36-46(37-33-41)61-53-20-10-6-16-49(53)50-17-7-11-21-54(50)61/h1-37H,(H,58,59). The normalized spacial score (nSPS) is 11.6. The number of para-hydroxylation sites is 4. The molecule has 1 N–H and O–H groups in total. The Morgan fingerprint density at radius 1 is 0.279 bits per heavy atom. The van der Waals surface area contributed by atoms with Crippen molar-refractivity contribution in [2.24, 2.45) is 0 Å². The Kier molecular flexibility index (Phi) is 8.13. The summed E-state index contributed by atoms with van der Waals surface area (Å²) >= 11 is 0. The van der Waals surface area contributed by atoms with E-state index in [0.717, 1.165) is 56.4 Å². The van der Waals surface area contributed by atoms with E-state index in [1.165, 1.54) is 54.7 Å². The van der Waals surface area contributed by atoms with Gasteiger partial charge in [-0.2, -0.15) is 0 Å². The quantitative estimate of drug-likeness (QED) is 0.172. The molecule has 0 atom stereocenters. The average Bonchev–Trinajstić information content (AvgIpc) is 4.03. The van der Waals surface area contributed by atoms with E-state index in [1.807, 2.05) is 6.07 Å². The maximum atomic E-state index is 5.22. The van der Waals surface area contributed by atoms with E-state index >= 15 is 0 Å². The van der Waals surface area contributed by atoms with Crippen molar-refractivity contribution in [2.75, 3.05) is 0 Å². The van der Waals surface area contributed by atoms with Gasteiger partial charge in [-0.1, -0.05) is 176 Å². The van der Waals surface area contributed by atoms with E-state index in [1.54, 1.807) is 0 Å². The molecule has 0 amide bonds. The first kappa shape index (κ1) is 34.8. The zero-order chi connectivity index (χ0) is 40.3. The van der Waals surface area contributed by atoms with Crippen LogP contribution in [0.15, 0.2) is 224 Å². The molecule has 0 aliphatic carbocycles. The lowest BCUT2D eigenvalue weighted by Gasteiger charge is -2.10. The molecule has 286 valence electrons. The van der Waals surface area contributed by atoms with Gasteiger partial charge in [0.1, 0.15) is 5.82 Å². The van der Waals surface area contributed by atoms with Crippen molar-refractivity contribution < 1.29 is 0 Å². The number of nitrogens with one attached hydrogen (secondary N) is 1. The molecular weight excluding hydrogens is 741 g/mol. The molecule has 0 unspecified atom stereocenters. The van der Waals surface area contributed by atoms with E-state index in [2.05, 4.69) is 233 Å². The highest BCUT2D eigenvalue weighted by Crippen LogP contribution is 2.37. The summed E-state index contributed by atoms with van der Waals surface area (Å²) < 4.78 is 4.72. The van der Waals surface area contributed by atoms with Crippen molar-refractivity contribution in [3.8, 4) is 67.5 Å². The van der Waals surface area contributed by atoms with Gasteiger partial charge < -0.3 is 14.1 Å². The maximum Gasteiger partial charge on any atom is 0.138 e. The second-order valence-corrected chi connectivity index (χ2v) is 15.7. The van der Waals surface area contributed by atoms with Gasteiger partial charge in [-0.15, -0.1) is 0 Å². The Morgan fingerprint density at radius 3 is 1.02 bits per heavy atom. The lowest BCUT2D eigenvalue weighted by molar-refractivity contribution is 1.18. The largest absolute Gasteiger partial charge is 0.337 e. The number of fused-ring (bicyclic) bond motifs is 6. The Labute approximate surface area is 353 Å². The minimum atomic E-state index is 0.847. The molecule has 0 bridgehead atoms. The number of hydrogen-bond acceptors (Lipinski definition) is 1. The molecule has 61 heavy (non-hydrogen) atoms. The van der Waals surface area contributed by atoms with Crippen LogP contribution in [-0.2, 0) is 0 Å². The number of aromatic amines is 1. The van der Waals surface area contributed by atoms with E-state index in [9.17, 15) is 0 Å². The summed E-state index contributed by atoms with van der Waals surface area (Å²) in [4.78, 5) is 8.92. The first-order chi connectivity index (χ1) is 30.2. The Balaban J connectivity index is 0.854.